The number of hydrogen-bond donors (Lipinski definition) is 1. The summed E-state index contributed by atoms with van der Waals surface area (Å²) in [7, 11) is 1.44. The molecule has 0 unspecified atom stereocenters. The number of aryl methyl sites for hydroxylation is 1. The monoisotopic (exact) mass is 445 g/mol. The smallest absolute Gasteiger partial charge is 0.332 e. The number of rotatable bonds is 7. The van der Waals surface area contributed by atoms with Crippen LogP contribution in [0, 0.1) is 0 Å². The van der Waals surface area contributed by atoms with Gasteiger partial charge in [-0.15, -0.1) is 0 Å². The van der Waals surface area contributed by atoms with Crippen molar-refractivity contribution in [3.63, 3.8) is 0 Å². The number of nitrogens with one attached hydrogen (secondary N) is 1. The molecule has 1 amide bonds. The van der Waals surface area contributed by atoms with Crippen molar-refractivity contribution < 1.29 is 9.21 Å². The Balaban J connectivity index is 2.03. The van der Waals surface area contributed by atoms with E-state index in [1.807, 2.05) is 27.7 Å². The molecule has 3 aromatic heterocycles. The van der Waals surface area contributed by atoms with Crippen LogP contribution >= 0.6 is 11.8 Å². The van der Waals surface area contributed by atoms with E-state index < -0.39 is 16.7 Å². The molecule has 1 N–H and O–H groups in total. The third-order valence-electron chi connectivity index (χ3n) is 4.65. The lowest BCUT2D eigenvalue weighted by Gasteiger charge is -2.20. The summed E-state index contributed by atoms with van der Waals surface area (Å²) in [5, 5.41) is 3.43. The molecule has 0 aliphatic carbocycles. The van der Waals surface area contributed by atoms with Crippen LogP contribution in [0.15, 0.2) is 37.4 Å². The van der Waals surface area contributed by atoms with Gasteiger partial charge in [0.15, 0.2) is 5.65 Å². The van der Waals surface area contributed by atoms with Gasteiger partial charge < -0.3 is 9.73 Å². The number of thioether (sulfide) groups is 1. The minimum Gasteiger partial charge on any atom is -0.467 e. The topological polar surface area (TPSA) is 112 Å². The first-order valence-electron chi connectivity index (χ1n) is 10.1. The summed E-state index contributed by atoms with van der Waals surface area (Å²) in [6.07, 6.45) is 2.25. The van der Waals surface area contributed by atoms with E-state index in [1.165, 1.54) is 11.6 Å². The van der Waals surface area contributed by atoms with Crippen molar-refractivity contribution in [2.75, 3.05) is 5.75 Å². The molecule has 9 nitrogen and oxygen atoms in total. The summed E-state index contributed by atoms with van der Waals surface area (Å²) in [6, 6.07) is 3.53. The number of furan rings is 1. The van der Waals surface area contributed by atoms with Gasteiger partial charge in [0.1, 0.15) is 22.0 Å². The molecule has 0 saturated carbocycles. The average Bonchev–Trinajstić information content (AvgIpc) is 3.24. The first kappa shape index (κ1) is 22.8. The van der Waals surface area contributed by atoms with Crippen LogP contribution in [0.2, 0.25) is 0 Å². The van der Waals surface area contributed by atoms with Gasteiger partial charge in [-0.2, -0.15) is 0 Å². The molecule has 0 fully saturated rings. The quantitative estimate of drug-likeness (QED) is 0.438. The van der Waals surface area contributed by atoms with Crippen molar-refractivity contribution in [1.82, 2.24) is 24.4 Å². The van der Waals surface area contributed by atoms with Crippen LogP contribution < -0.4 is 16.6 Å². The molecule has 166 valence electrons. The van der Waals surface area contributed by atoms with E-state index in [0.29, 0.717) is 35.2 Å². The van der Waals surface area contributed by atoms with Crippen molar-refractivity contribution in [1.29, 1.82) is 0 Å². The van der Waals surface area contributed by atoms with Gasteiger partial charge in [-0.1, -0.05) is 39.5 Å². The second kappa shape index (κ2) is 9.09. The van der Waals surface area contributed by atoms with E-state index in [0.717, 1.165) is 16.3 Å². The van der Waals surface area contributed by atoms with Gasteiger partial charge in [0.25, 0.3) is 5.56 Å². The fourth-order valence-electron chi connectivity index (χ4n) is 2.99. The molecular weight excluding hydrogens is 418 g/mol. The Hall–Kier alpha value is -2.88. The SMILES string of the molecule is CCCn1c(=O)n(C)c(=O)c2c(SCC(=O)NCc3ccco3)nc(C(C)(C)C)nc21. The van der Waals surface area contributed by atoms with Gasteiger partial charge in [0, 0.05) is 19.0 Å². The van der Waals surface area contributed by atoms with Crippen LogP contribution in [0.1, 0.15) is 45.7 Å². The number of fused-ring (bicyclic) bond motifs is 1. The highest BCUT2D eigenvalue weighted by Crippen LogP contribution is 2.27. The Morgan fingerprint density at radius 2 is 2.00 bits per heavy atom. The normalized spacial score (nSPS) is 11.8. The third kappa shape index (κ3) is 4.90. The van der Waals surface area contributed by atoms with Crippen LogP contribution in [0.5, 0.6) is 0 Å². The predicted octanol–water partition coefficient (Wildman–Crippen LogP) is 2.20. The van der Waals surface area contributed by atoms with E-state index in [4.69, 9.17) is 4.42 Å². The van der Waals surface area contributed by atoms with Gasteiger partial charge in [-0.05, 0) is 18.6 Å². The molecule has 0 saturated heterocycles. The zero-order valence-corrected chi connectivity index (χ0v) is 19.2. The van der Waals surface area contributed by atoms with Crippen LogP contribution in [0.4, 0.5) is 0 Å². The predicted molar refractivity (Wildman–Crippen MR) is 119 cm³/mol. The second-order valence-corrected chi connectivity index (χ2v) is 9.21. The maximum atomic E-state index is 13.0. The van der Waals surface area contributed by atoms with Crippen molar-refractivity contribution in [2.24, 2.45) is 7.05 Å². The summed E-state index contributed by atoms with van der Waals surface area (Å²) in [4.78, 5) is 47.2. The lowest BCUT2D eigenvalue weighted by atomic mass is 9.96. The van der Waals surface area contributed by atoms with Gasteiger partial charge in [0.05, 0.1) is 18.6 Å². The highest BCUT2D eigenvalue weighted by atomic mass is 32.2. The van der Waals surface area contributed by atoms with Gasteiger partial charge in [-0.25, -0.2) is 14.8 Å². The van der Waals surface area contributed by atoms with Gasteiger partial charge in [0.2, 0.25) is 5.91 Å². The highest BCUT2D eigenvalue weighted by molar-refractivity contribution is 8.00. The molecule has 31 heavy (non-hydrogen) atoms. The van der Waals surface area contributed by atoms with E-state index >= 15 is 0 Å². The zero-order valence-electron chi connectivity index (χ0n) is 18.4. The highest BCUT2D eigenvalue weighted by Gasteiger charge is 2.24. The van der Waals surface area contributed by atoms with Crippen molar-refractivity contribution in [2.45, 2.75) is 57.6 Å². The summed E-state index contributed by atoms with van der Waals surface area (Å²) < 4.78 is 7.79. The first-order valence-corrected chi connectivity index (χ1v) is 11.1. The Bertz CT molecular complexity index is 1210. The van der Waals surface area contributed by atoms with Crippen molar-refractivity contribution in [3.8, 4) is 0 Å². The van der Waals surface area contributed by atoms with Crippen LogP contribution in [0.25, 0.3) is 11.0 Å². The molecular formula is C21H27N5O4S. The Morgan fingerprint density at radius 3 is 2.61 bits per heavy atom. The van der Waals surface area contributed by atoms with E-state index in [-0.39, 0.29) is 23.6 Å². The standard InChI is InChI=1S/C21H27N5O4S/c1-6-9-26-16-15(18(28)25(5)20(26)29)17(24-19(23-16)21(2,3)4)31-12-14(27)22-11-13-8-7-10-30-13/h7-8,10H,6,9,11-12H2,1-5H3,(H,22,27). The van der Waals surface area contributed by atoms with Crippen LogP contribution in [0.3, 0.4) is 0 Å². The lowest BCUT2D eigenvalue weighted by molar-refractivity contribution is -0.118. The second-order valence-electron chi connectivity index (χ2n) is 8.24. The molecule has 0 radical (unpaired) electrons. The molecule has 0 aliphatic heterocycles. The number of carbonyl (C=O) groups excluding carboxylic acids is 1. The number of carbonyl (C=O) groups is 1. The minimum atomic E-state index is -0.466. The van der Waals surface area contributed by atoms with Crippen LogP contribution in [-0.2, 0) is 30.3 Å². The Kier molecular flexibility index (Phi) is 6.68. The van der Waals surface area contributed by atoms with E-state index in [9.17, 15) is 14.4 Å². The van der Waals surface area contributed by atoms with Crippen molar-refractivity contribution in [3.05, 3.63) is 50.8 Å². The third-order valence-corrected chi connectivity index (χ3v) is 5.62. The molecule has 0 spiro atoms. The average molecular weight is 446 g/mol. The molecule has 3 aromatic rings. The molecule has 0 aromatic carbocycles. The summed E-state index contributed by atoms with van der Waals surface area (Å²) in [6.45, 7) is 8.54. The fourth-order valence-corrected chi connectivity index (χ4v) is 3.83. The Morgan fingerprint density at radius 1 is 1.26 bits per heavy atom. The summed E-state index contributed by atoms with van der Waals surface area (Å²) >= 11 is 1.16. The van der Waals surface area contributed by atoms with E-state index in [2.05, 4.69) is 15.3 Å². The molecule has 3 heterocycles. The largest absolute Gasteiger partial charge is 0.467 e. The van der Waals surface area contributed by atoms with Crippen LogP contribution in [-0.4, -0.2) is 30.8 Å². The number of amides is 1. The minimum absolute atomic E-state index is 0.0620. The fraction of sp³-hybridized carbons (Fsp3) is 0.476. The number of nitrogens with zero attached hydrogens (tertiary/aromatic N) is 4. The van der Waals surface area contributed by atoms with E-state index in [1.54, 1.807) is 18.4 Å². The maximum absolute atomic E-state index is 13.0. The van der Waals surface area contributed by atoms with Gasteiger partial charge >= 0.3 is 5.69 Å². The molecule has 0 atom stereocenters. The lowest BCUT2D eigenvalue weighted by Crippen LogP contribution is -2.39. The maximum Gasteiger partial charge on any atom is 0.332 e. The number of aromatic nitrogens is 4. The molecule has 10 heteroatoms. The zero-order chi connectivity index (χ0) is 22.8. The molecule has 0 aliphatic rings. The van der Waals surface area contributed by atoms with Gasteiger partial charge in [-0.3, -0.25) is 18.7 Å². The summed E-state index contributed by atoms with van der Waals surface area (Å²) in [5.74, 6) is 1.01. The number of hydrogen-bond acceptors (Lipinski definition) is 7. The Labute approximate surface area is 183 Å². The molecule has 0 bridgehead atoms. The van der Waals surface area contributed by atoms with Crippen molar-refractivity contribution >= 4 is 28.7 Å². The molecule has 3 rings (SSSR count). The first-order chi connectivity index (χ1) is 14.6. The summed E-state index contributed by atoms with van der Waals surface area (Å²) in [5.41, 5.74) is -0.969.